The highest BCUT2D eigenvalue weighted by Crippen LogP contribution is 2.41. The van der Waals surface area contributed by atoms with Crippen molar-refractivity contribution in [1.29, 1.82) is 0 Å². The SMILES string of the molecule is C=CC1CCC1(NC(=O)C1CC2CN1C(=O)C(C(C)(C)C)NC(=O)OC1CC(CCCCc3nc4ccc(OC)cc4nc3O2)C1)C(=O)NS(=O)O. The monoisotopic (exact) mass is 740 g/mol. The van der Waals surface area contributed by atoms with Gasteiger partial charge in [0.1, 0.15) is 41.3 Å². The Kier molecular flexibility index (Phi) is 10.8. The van der Waals surface area contributed by atoms with Crippen molar-refractivity contribution in [2.75, 3.05) is 13.7 Å². The number of amides is 4. The number of methoxy groups -OCH3 is 1. The molecule has 2 aromatic rings. The number of carbonyl (C=O) groups excluding carboxylic acids is 4. The topological polar surface area (TPSA) is 198 Å². The molecule has 2 saturated carbocycles. The minimum atomic E-state index is -2.67. The Morgan fingerprint density at radius 3 is 2.54 bits per heavy atom. The van der Waals surface area contributed by atoms with Gasteiger partial charge in [-0.1, -0.05) is 39.7 Å². The summed E-state index contributed by atoms with van der Waals surface area (Å²) < 4.78 is 40.7. The van der Waals surface area contributed by atoms with Crippen LogP contribution >= 0.6 is 0 Å². The maximum absolute atomic E-state index is 14.5. The molecule has 1 aromatic carbocycles. The van der Waals surface area contributed by atoms with Gasteiger partial charge in [-0.25, -0.2) is 23.7 Å². The molecule has 1 saturated heterocycles. The van der Waals surface area contributed by atoms with Gasteiger partial charge in [-0.2, -0.15) is 0 Å². The van der Waals surface area contributed by atoms with Crippen LogP contribution < -0.4 is 24.8 Å². The Labute approximate surface area is 305 Å². The predicted molar refractivity (Wildman–Crippen MR) is 190 cm³/mol. The van der Waals surface area contributed by atoms with E-state index in [4.69, 9.17) is 24.2 Å². The molecular formula is C36H48N6O9S. The first kappa shape index (κ1) is 37.4. The van der Waals surface area contributed by atoms with Crippen molar-refractivity contribution in [3.63, 3.8) is 0 Å². The van der Waals surface area contributed by atoms with Gasteiger partial charge in [-0.05, 0) is 62.0 Å². The van der Waals surface area contributed by atoms with Crippen molar-refractivity contribution in [2.24, 2.45) is 17.3 Å². The molecule has 1 aromatic heterocycles. The highest BCUT2D eigenvalue weighted by molar-refractivity contribution is 7.77. The molecule has 16 heteroatoms. The summed E-state index contributed by atoms with van der Waals surface area (Å²) in [5, 5.41) is 5.60. The van der Waals surface area contributed by atoms with Crippen molar-refractivity contribution in [3.05, 3.63) is 36.5 Å². The summed E-state index contributed by atoms with van der Waals surface area (Å²) >= 11 is -2.67. The average molecular weight is 741 g/mol. The van der Waals surface area contributed by atoms with Gasteiger partial charge >= 0.3 is 6.09 Å². The molecule has 6 atom stereocenters. The van der Waals surface area contributed by atoms with E-state index in [1.54, 1.807) is 13.2 Å². The number of rotatable bonds is 6. The van der Waals surface area contributed by atoms with Crippen LogP contribution in [-0.4, -0.2) is 90.9 Å². The van der Waals surface area contributed by atoms with Crippen molar-refractivity contribution >= 4 is 46.1 Å². The molecule has 4 amide bonds. The Balaban J connectivity index is 1.36. The number of ether oxygens (including phenoxy) is 3. The van der Waals surface area contributed by atoms with E-state index >= 15 is 0 Å². The van der Waals surface area contributed by atoms with Crippen LogP contribution in [0.1, 0.15) is 77.8 Å². The van der Waals surface area contributed by atoms with Crippen molar-refractivity contribution < 1.29 is 42.2 Å². The van der Waals surface area contributed by atoms with Crippen LogP contribution in [0.3, 0.4) is 0 Å². The van der Waals surface area contributed by atoms with E-state index in [-0.39, 0.29) is 25.5 Å². The lowest BCUT2D eigenvalue weighted by Crippen LogP contribution is -2.69. The van der Waals surface area contributed by atoms with Crippen LogP contribution in [0.15, 0.2) is 30.9 Å². The number of aromatic nitrogens is 2. The van der Waals surface area contributed by atoms with Crippen LogP contribution in [-0.2, 0) is 36.8 Å². The van der Waals surface area contributed by atoms with Gasteiger partial charge in [0.2, 0.25) is 17.7 Å². The molecule has 52 heavy (non-hydrogen) atoms. The average Bonchev–Trinajstić information content (AvgIpc) is 3.48. The number of benzene rings is 1. The Hall–Kier alpha value is -4.31. The second kappa shape index (κ2) is 15.0. The Bertz CT molecular complexity index is 1760. The molecule has 4 bridgehead atoms. The maximum Gasteiger partial charge on any atom is 0.408 e. The van der Waals surface area contributed by atoms with Gasteiger partial charge in [-0.3, -0.25) is 18.9 Å². The third-order valence-electron chi connectivity index (χ3n) is 10.8. The largest absolute Gasteiger partial charge is 0.497 e. The summed E-state index contributed by atoms with van der Waals surface area (Å²) in [4.78, 5) is 66.4. The fourth-order valence-corrected chi connectivity index (χ4v) is 8.05. The number of hydrogen-bond donors (Lipinski definition) is 4. The standard InChI is InChI=1S/C36H48N6O9S/c1-6-21-13-14-36(21,33(45)41-52(47)48)40-30(43)28-18-24-19-42(28)32(44)29(35(2,3)4)39-34(46)51-23-15-20(16-23)9-7-8-10-26-31(50-24)38-27-17-22(49-5)11-12-25(27)37-26/h6,11-12,17,20-21,23-24,28-29H,1,7-10,13-16,18-19H2,2-5H3,(H,39,46)(H,40,43)(H,41,45)(H,47,48). The summed E-state index contributed by atoms with van der Waals surface area (Å²) in [6.45, 7) is 9.18. The molecule has 3 aliphatic heterocycles. The number of aryl methyl sites for hydroxylation is 1. The molecule has 4 N–H and O–H groups in total. The summed E-state index contributed by atoms with van der Waals surface area (Å²) in [6.07, 6.45) is 5.43. The highest BCUT2D eigenvalue weighted by Gasteiger charge is 2.55. The number of fused-ring (bicyclic) bond motifs is 8. The fourth-order valence-electron chi connectivity index (χ4n) is 7.71. The minimum Gasteiger partial charge on any atom is -0.497 e. The van der Waals surface area contributed by atoms with Crippen molar-refractivity contribution in [1.82, 2.24) is 30.2 Å². The molecule has 282 valence electrons. The van der Waals surface area contributed by atoms with Gasteiger partial charge in [0.05, 0.1) is 24.7 Å². The molecule has 15 nitrogen and oxygen atoms in total. The summed E-state index contributed by atoms with van der Waals surface area (Å²) in [7, 11) is 1.57. The van der Waals surface area contributed by atoms with E-state index in [2.05, 4.69) is 17.2 Å². The minimum absolute atomic E-state index is 0.0300. The molecule has 0 spiro atoms. The Morgan fingerprint density at radius 2 is 1.88 bits per heavy atom. The molecule has 0 radical (unpaired) electrons. The molecular weight excluding hydrogens is 692 g/mol. The quantitative estimate of drug-likeness (QED) is 0.250. The predicted octanol–water partition coefficient (Wildman–Crippen LogP) is 3.34. The van der Waals surface area contributed by atoms with Gasteiger partial charge in [0, 0.05) is 18.4 Å². The third kappa shape index (κ3) is 7.72. The zero-order valence-electron chi connectivity index (χ0n) is 30.0. The Morgan fingerprint density at radius 1 is 1.12 bits per heavy atom. The van der Waals surface area contributed by atoms with E-state index in [9.17, 15) is 27.9 Å². The van der Waals surface area contributed by atoms with E-state index in [0.29, 0.717) is 47.1 Å². The summed E-state index contributed by atoms with van der Waals surface area (Å²) in [5.41, 5.74) is -0.428. The lowest BCUT2D eigenvalue weighted by Gasteiger charge is -2.47. The highest BCUT2D eigenvalue weighted by atomic mass is 32.2. The smallest absolute Gasteiger partial charge is 0.408 e. The number of nitrogens with zero attached hydrogens (tertiary/aromatic N) is 3. The van der Waals surface area contributed by atoms with E-state index in [1.165, 1.54) is 11.0 Å². The fraction of sp³-hybridized carbons (Fsp3) is 0.611. The number of nitrogens with one attached hydrogen (secondary N) is 3. The molecule has 4 heterocycles. The van der Waals surface area contributed by atoms with Gasteiger partial charge in [-0.15, -0.1) is 6.58 Å². The van der Waals surface area contributed by atoms with Gasteiger partial charge in [0.15, 0.2) is 0 Å². The molecule has 5 aliphatic rings. The molecule has 3 fully saturated rings. The first-order valence-corrected chi connectivity index (χ1v) is 19.0. The number of hydrogen-bond acceptors (Lipinski definition) is 10. The van der Waals surface area contributed by atoms with E-state index < -0.39 is 70.1 Å². The van der Waals surface area contributed by atoms with Crippen molar-refractivity contribution in [3.8, 4) is 11.6 Å². The molecule has 2 aliphatic carbocycles. The van der Waals surface area contributed by atoms with Crippen molar-refractivity contribution in [2.45, 2.75) is 108 Å². The summed E-state index contributed by atoms with van der Waals surface area (Å²) in [6, 6.07) is 3.21. The van der Waals surface area contributed by atoms with Crippen LogP contribution in [0.25, 0.3) is 11.0 Å². The van der Waals surface area contributed by atoms with Crippen LogP contribution in [0, 0.1) is 17.3 Å². The third-order valence-corrected chi connectivity index (χ3v) is 11.2. The van der Waals surface area contributed by atoms with E-state index in [0.717, 1.165) is 32.1 Å². The maximum atomic E-state index is 14.5. The lowest BCUT2D eigenvalue weighted by atomic mass is 9.66. The first-order chi connectivity index (χ1) is 24.7. The number of alkyl carbamates (subject to hydrolysis) is 1. The summed E-state index contributed by atoms with van der Waals surface area (Å²) in [5.74, 6) is -1.19. The van der Waals surface area contributed by atoms with Gasteiger partial charge < -0.3 is 29.7 Å². The molecule has 7 rings (SSSR count). The van der Waals surface area contributed by atoms with Crippen LogP contribution in [0.2, 0.25) is 0 Å². The van der Waals surface area contributed by atoms with Gasteiger partial charge in [0.25, 0.3) is 17.2 Å². The molecule has 6 unspecified atom stereocenters. The van der Waals surface area contributed by atoms with E-state index in [1.807, 2.05) is 37.6 Å². The zero-order chi connectivity index (χ0) is 37.4. The zero-order valence-corrected chi connectivity index (χ0v) is 30.8. The number of carbonyl (C=O) groups is 4. The van der Waals surface area contributed by atoms with Crippen LogP contribution in [0.4, 0.5) is 4.79 Å². The van der Waals surface area contributed by atoms with Crippen LogP contribution in [0.5, 0.6) is 11.6 Å². The second-order valence-corrected chi connectivity index (χ2v) is 16.1. The lowest BCUT2D eigenvalue weighted by molar-refractivity contribution is -0.145. The first-order valence-electron chi connectivity index (χ1n) is 17.9. The normalized spacial score (nSPS) is 30.1. The second-order valence-electron chi connectivity index (χ2n) is 15.4.